The minimum atomic E-state index is -0.969. The number of nitrogens with one attached hydrogen (secondary N) is 1. The first-order valence-electron chi connectivity index (χ1n) is 5.53. The lowest BCUT2D eigenvalue weighted by molar-refractivity contribution is -0.138. The fourth-order valence-electron chi connectivity index (χ4n) is 1.58. The predicted molar refractivity (Wildman–Crippen MR) is 65.5 cm³/mol. The van der Waals surface area contributed by atoms with Crippen LogP contribution in [0.3, 0.4) is 0 Å². The maximum atomic E-state index is 13.4. The number of halogens is 1. The molecule has 0 aliphatic heterocycles. The van der Waals surface area contributed by atoms with Crippen LogP contribution in [-0.4, -0.2) is 17.1 Å². The molecule has 1 atom stereocenters. The van der Waals surface area contributed by atoms with Gasteiger partial charge < -0.3 is 10.4 Å². The molecule has 94 valence electrons. The molecule has 4 heteroatoms. The van der Waals surface area contributed by atoms with Crippen LogP contribution in [0.2, 0.25) is 0 Å². The van der Waals surface area contributed by atoms with Gasteiger partial charge in [0.2, 0.25) is 0 Å². The summed E-state index contributed by atoms with van der Waals surface area (Å²) in [5.74, 6) is -1.41. The number of hydrogen-bond donors (Lipinski definition) is 2. The fraction of sp³-hybridized carbons (Fsp3) is 0.462. The highest BCUT2D eigenvalue weighted by molar-refractivity contribution is 5.77. The van der Waals surface area contributed by atoms with E-state index in [0.717, 1.165) is 0 Å². The Morgan fingerprint density at radius 1 is 1.41 bits per heavy atom. The van der Waals surface area contributed by atoms with Crippen LogP contribution >= 0.6 is 0 Å². The van der Waals surface area contributed by atoms with Gasteiger partial charge in [-0.3, -0.25) is 0 Å². The van der Waals surface area contributed by atoms with Crippen molar-refractivity contribution < 1.29 is 14.3 Å². The number of carbonyl (C=O) groups is 1. The van der Waals surface area contributed by atoms with E-state index in [4.69, 9.17) is 5.11 Å². The average Bonchev–Trinajstić information content (AvgIpc) is 2.18. The van der Waals surface area contributed by atoms with Crippen molar-refractivity contribution in [3.63, 3.8) is 0 Å². The van der Waals surface area contributed by atoms with E-state index < -0.39 is 17.8 Å². The van der Waals surface area contributed by atoms with Gasteiger partial charge in [0.1, 0.15) is 11.9 Å². The maximum absolute atomic E-state index is 13.4. The third-order valence-electron chi connectivity index (χ3n) is 2.32. The van der Waals surface area contributed by atoms with Crippen molar-refractivity contribution >= 4 is 11.7 Å². The summed E-state index contributed by atoms with van der Waals surface area (Å²) in [5, 5.41) is 11.8. The lowest BCUT2D eigenvalue weighted by Crippen LogP contribution is -2.33. The second kappa shape index (κ2) is 5.17. The standard InChI is InChI=1S/C13H18FNO2/c1-13(2,3)8-11(12(16)17)15-10-7-5-4-6-9(10)14/h4-7,11,15H,8H2,1-3H3,(H,16,17). The molecule has 0 aliphatic rings. The van der Waals surface area contributed by atoms with Crippen LogP contribution in [-0.2, 0) is 4.79 Å². The molecule has 0 saturated heterocycles. The maximum Gasteiger partial charge on any atom is 0.326 e. The van der Waals surface area contributed by atoms with Crippen molar-refractivity contribution in [1.29, 1.82) is 0 Å². The molecule has 0 aliphatic carbocycles. The first-order valence-corrected chi connectivity index (χ1v) is 5.53. The van der Waals surface area contributed by atoms with Crippen molar-refractivity contribution in [3.05, 3.63) is 30.1 Å². The zero-order valence-corrected chi connectivity index (χ0v) is 10.3. The predicted octanol–water partition coefficient (Wildman–Crippen LogP) is 3.13. The van der Waals surface area contributed by atoms with Gasteiger partial charge in [0, 0.05) is 0 Å². The third-order valence-corrected chi connectivity index (χ3v) is 2.32. The first-order chi connectivity index (χ1) is 7.79. The number of hydrogen-bond acceptors (Lipinski definition) is 2. The van der Waals surface area contributed by atoms with Crippen LogP contribution < -0.4 is 5.32 Å². The number of carboxylic acids is 1. The van der Waals surface area contributed by atoms with E-state index in [1.807, 2.05) is 20.8 Å². The van der Waals surface area contributed by atoms with Crippen LogP contribution in [0.5, 0.6) is 0 Å². The Balaban J connectivity index is 2.81. The number of aliphatic carboxylic acids is 1. The molecule has 0 bridgehead atoms. The fourth-order valence-corrected chi connectivity index (χ4v) is 1.58. The highest BCUT2D eigenvalue weighted by atomic mass is 19.1. The van der Waals surface area contributed by atoms with Crippen LogP contribution in [0.25, 0.3) is 0 Å². The number of benzene rings is 1. The van der Waals surface area contributed by atoms with Crippen molar-refractivity contribution in [2.45, 2.75) is 33.2 Å². The molecule has 0 fully saturated rings. The number of anilines is 1. The minimum Gasteiger partial charge on any atom is -0.480 e. The third kappa shape index (κ3) is 4.43. The van der Waals surface area contributed by atoms with Gasteiger partial charge >= 0.3 is 5.97 Å². The van der Waals surface area contributed by atoms with Gasteiger partial charge in [0.25, 0.3) is 0 Å². The summed E-state index contributed by atoms with van der Waals surface area (Å²) in [6, 6.07) is 5.29. The minimum absolute atomic E-state index is 0.138. The molecule has 0 saturated carbocycles. The van der Waals surface area contributed by atoms with Crippen LogP contribution in [0.15, 0.2) is 24.3 Å². The van der Waals surface area contributed by atoms with Gasteiger partial charge in [0.05, 0.1) is 5.69 Å². The summed E-state index contributed by atoms with van der Waals surface area (Å²) in [5.41, 5.74) is 0.0885. The Hall–Kier alpha value is -1.58. The number of rotatable bonds is 4. The van der Waals surface area contributed by atoms with Crippen LogP contribution in [0.1, 0.15) is 27.2 Å². The summed E-state index contributed by atoms with van der Waals surface area (Å²) in [7, 11) is 0. The van der Waals surface area contributed by atoms with Gasteiger partial charge in [0.15, 0.2) is 0 Å². The quantitative estimate of drug-likeness (QED) is 0.848. The normalized spacial score (nSPS) is 13.2. The Bertz CT molecular complexity index is 399. The number of para-hydroxylation sites is 1. The second-order valence-electron chi connectivity index (χ2n) is 5.28. The Kier molecular flexibility index (Phi) is 4.10. The molecule has 0 radical (unpaired) electrons. The molecule has 0 aromatic heterocycles. The highest BCUT2D eigenvalue weighted by Crippen LogP contribution is 2.24. The van der Waals surface area contributed by atoms with E-state index >= 15 is 0 Å². The molecule has 1 rings (SSSR count). The largest absolute Gasteiger partial charge is 0.480 e. The van der Waals surface area contributed by atoms with Crippen LogP contribution in [0.4, 0.5) is 10.1 Å². The smallest absolute Gasteiger partial charge is 0.326 e. The second-order valence-corrected chi connectivity index (χ2v) is 5.28. The van der Waals surface area contributed by atoms with Gasteiger partial charge in [-0.1, -0.05) is 32.9 Å². The molecule has 1 unspecified atom stereocenters. The van der Waals surface area contributed by atoms with E-state index in [1.54, 1.807) is 12.1 Å². The Morgan fingerprint density at radius 2 is 2.00 bits per heavy atom. The van der Waals surface area contributed by atoms with Gasteiger partial charge in [-0.15, -0.1) is 0 Å². The van der Waals surface area contributed by atoms with Gasteiger partial charge in [-0.25, -0.2) is 9.18 Å². The topological polar surface area (TPSA) is 49.3 Å². The van der Waals surface area contributed by atoms with E-state index in [1.165, 1.54) is 12.1 Å². The first kappa shape index (κ1) is 13.5. The average molecular weight is 239 g/mol. The molecule has 3 nitrogen and oxygen atoms in total. The molecule has 17 heavy (non-hydrogen) atoms. The van der Waals surface area contributed by atoms with E-state index in [0.29, 0.717) is 6.42 Å². The molecular weight excluding hydrogens is 221 g/mol. The van der Waals surface area contributed by atoms with Gasteiger partial charge in [-0.05, 0) is 24.0 Å². The molecule has 1 aromatic rings. The summed E-state index contributed by atoms with van der Waals surface area (Å²) in [6.45, 7) is 5.85. The van der Waals surface area contributed by atoms with Crippen molar-refractivity contribution in [1.82, 2.24) is 0 Å². The van der Waals surface area contributed by atoms with E-state index in [2.05, 4.69) is 5.32 Å². The SMILES string of the molecule is CC(C)(C)CC(Nc1ccccc1F)C(=O)O. The Morgan fingerprint density at radius 3 is 2.47 bits per heavy atom. The number of carboxylic acid groups (broad SMARTS) is 1. The molecule has 0 amide bonds. The zero-order chi connectivity index (χ0) is 13.1. The van der Waals surface area contributed by atoms with Crippen molar-refractivity contribution in [2.24, 2.45) is 5.41 Å². The highest BCUT2D eigenvalue weighted by Gasteiger charge is 2.24. The van der Waals surface area contributed by atoms with E-state index in [-0.39, 0.29) is 11.1 Å². The van der Waals surface area contributed by atoms with Crippen LogP contribution in [0, 0.1) is 11.2 Å². The molecule has 0 spiro atoms. The molecular formula is C13H18FNO2. The molecule has 1 aromatic carbocycles. The summed E-state index contributed by atoms with van der Waals surface area (Å²) >= 11 is 0. The molecule has 2 N–H and O–H groups in total. The summed E-state index contributed by atoms with van der Waals surface area (Å²) in [4.78, 5) is 11.1. The van der Waals surface area contributed by atoms with E-state index in [9.17, 15) is 9.18 Å². The lowest BCUT2D eigenvalue weighted by Gasteiger charge is -2.24. The van der Waals surface area contributed by atoms with Crippen molar-refractivity contribution in [3.8, 4) is 0 Å². The van der Waals surface area contributed by atoms with Gasteiger partial charge in [-0.2, -0.15) is 0 Å². The molecule has 0 heterocycles. The Labute approximate surface area is 101 Å². The monoisotopic (exact) mass is 239 g/mol. The summed E-state index contributed by atoms with van der Waals surface area (Å²) < 4.78 is 13.4. The summed E-state index contributed by atoms with van der Waals surface area (Å²) in [6.07, 6.45) is 0.427. The zero-order valence-electron chi connectivity index (χ0n) is 10.3. The lowest BCUT2D eigenvalue weighted by atomic mass is 9.88. The van der Waals surface area contributed by atoms with Crippen molar-refractivity contribution in [2.75, 3.05) is 5.32 Å².